The molecular weight excluding hydrogens is 270 g/mol. The zero-order valence-corrected chi connectivity index (χ0v) is 13.9. The van der Waals surface area contributed by atoms with E-state index in [0.29, 0.717) is 19.0 Å². The summed E-state index contributed by atoms with van der Waals surface area (Å²) in [5.41, 5.74) is 0.448. The molecule has 0 saturated heterocycles. The molecule has 1 aromatic rings. The largest absolute Gasteiger partial charge is 0.444 e. The molecule has 1 rings (SSSR count). The maximum atomic E-state index is 11.9. The lowest BCUT2D eigenvalue weighted by atomic mass is 10.1. The molecule has 7 nitrogen and oxygen atoms in total. The second-order valence-electron chi connectivity index (χ2n) is 6.48. The monoisotopic (exact) mass is 297 g/mol. The number of rotatable bonds is 6. The highest BCUT2D eigenvalue weighted by atomic mass is 16.6. The number of amides is 1. The van der Waals surface area contributed by atoms with Crippen LogP contribution in [0.1, 0.15) is 33.4 Å². The Bertz CT molecular complexity index is 452. The first kappa shape index (κ1) is 17.4. The molecule has 1 N–H and O–H groups in total. The molecule has 120 valence electrons. The minimum absolute atomic E-state index is 0.289. The predicted molar refractivity (Wildman–Crippen MR) is 80.7 cm³/mol. The van der Waals surface area contributed by atoms with Crippen LogP contribution in [-0.2, 0) is 18.3 Å². The smallest absolute Gasteiger partial charge is 0.410 e. The van der Waals surface area contributed by atoms with E-state index in [4.69, 9.17) is 4.74 Å². The van der Waals surface area contributed by atoms with Gasteiger partial charge in [0.25, 0.3) is 0 Å². The third-order valence-corrected chi connectivity index (χ3v) is 2.74. The van der Waals surface area contributed by atoms with Gasteiger partial charge in [0.1, 0.15) is 5.60 Å². The Kier molecular flexibility index (Phi) is 6.14. The summed E-state index contributed by atoms with van der Waals surface area (Å²) in [4.78, 5) is 13.5. The summed E-state index contributed by atoms with van der Waals surface area (Å²) in [5, 5.41) is 11.2. The van der Waals surface area contributed by atoms with E-state index in [1.807, 2.05) is 34.0 Å². The second-order valence-corrected chi connectivity index (χ2v) is 6.48. The van der Waals surface area contributed by atoms with Gasteiger partial charge in [0.15, 0.2) is 0 Å². The van der Waals surface area contributed by atoms with Crippen LogP contribution in [0.4, 0.5) is 4.79 Å². The van der Waals surface area contributed by atoms with Gasteiger partial charge in [0.05, 0.1) is 5.69 Å². The van der Waals surface area contributed by atoms with Gasteiger partial charge in [-0.3, -0.25) is 4.68 Å². The first-order chi connectivity index (χ1) is 9.67. The van der Waals surface area contributed by atoms with E-state index in [1.165, 1.54) is 0 Å². The minimum atomic E-state index is -0.460. The summed E-state index contributed by atoms with van der Waals surface area (Å²) < 4.78 is 7.00. The van der Waals surface area contributed by atoms with Gasteiger partial charge in [-0.25, -0.2) is 4.79 Å². The van der Waals surface area contributed by atoms with Crippen LogP contribution in [0, 0.1) is 5.92 Å². The maximum absolute atomic E-state index is 11.9. The maximum Gasteiger partial charge on any atom is 0.410 e. The Labute approximate surface area is 126 Å². The van der Waals surface area contributed by atoms with Crippen LogP contribution >= 0.6 is 0 Å². The third kappa shape index (κ3) is 7.08. The van der Waals surface area contributed by atoms with Crippen molar-refractivity contribution in [1.29, 1.82) is 0 Å². The fraction of sp³-hybridized carbons (Fsp3) is 0.786. The standard InChI is InChI=1S/C14H27N5O2/c1-11(7-15-8-12-10-19(6)17-16-12)9-18(5)13(20)21-14(2,3)4/h10-11,15H,7-9H2,1-6H3. The molecule has 0 radical (unpaired) electrons. The number of nitrogens with zero attached hydrogens (tertiary/aromatic N) is 4. The van der Waals surface area contributed by atoms with Gasteiger partial charge in [0.2, 0.25) is 0 Å². The number of aryl methyl sites for hydroxylation is 1. The average Bonchev–Trinajstić information content (AvgIpc) is 2.72. The predicted octanol–water partition coefficient (Wildman–Crippen LogP) is 1.41. The van der Waals surface area contributed by atoms with Crippen molar-refractivity contribution in [3.05, 3.63) is 11.9 Å². The number of ether oxygens (including phenoxy) is 1. The molecule has 0 spiro atoms. The number of nitrogens with one attached hydrogen (secondary N) is 1. The van der Waals surface area contributed by atoms with Crippen molar-refractivity contribution in [1.82, 2.24) is 25.2 Å². The lowest BCUT2D eigenvalue weighted by molar-refractivity contribution is 0.0277. The number of hydrogen-bond donors (Lipinski definition) is 1. The van der Waals surface area contributed by atoms with E-state index >= 15 is 0 Å². The fourth-order valence-corrected chi connectivity index (χ4v) is 1.87. The van der Waals surface area contributed by atoms with Crippen molar-refractivity contribution < 1.29 is 9.53 Å². The Morgan fingerprint density at radius 3 is 2.71 bits per heavy atom. The van der Waals surface area contributed by atoms with E-state index in [9.17, 15) is 4.79 Å². The molecule has 1 unspecified atom stereocenters. The normalized spacial score (nSPS) is 13.0. The van der Waals surface area contributed by atoms with Gasteiger partial charge in [0, 0.05) is 33.4 Å². The van der Waals surface area contributed by atoms with E-state index < -0.39 is 5.60 Å². The number of hydrogen-bond acceptors (Lipinski definition) is 5. The fourth-order valence-electron chi connectivity index (χ4n) is 1.87. The molecule has 0 aliphatic heterocycles. The topological polar surface area (TPSA) is 72.3 Å². The van der Waals surface area contributed by atoms with Gasteiger partial charge >= 0.3 is 6.09 Å². The number of aromatic nitrogens is 3. The van der Waals surface area contributed by atoms with Crippen LogP contribution < -0.4 is 5.32 Å². The van der Waals surface area contributed by atoms with Crippen LogP contribution in [0.15, 0.2) is 6.20 Å². The highest BCUT2D eigenvalue weighted by Gasteiger charge is 2.20. The van der Waals surface area contributed by atoms with Gasteiger partial charge < -0.3 is 15.0 Å². The molecule has 1 amide bonds. The summed E-state index contributed by atoms with van der Waals surface area (Å²) >= 11 is 0. The van der Waals surface area contributed by atoms with E-state index in [-0.39, 0.29) is 6.09 Å². The Morgan fingerprint density at radius 2 is 2.19 bits per heavy atom. The summed E-state index contributed by atoms with van der Waals surface area (Å²) in [6.07, 6.45) is 1.59. The zero-order chi connectivity index (χ0) is 16.0. The molecule has 0 aliphatic rings. The lowest BCUT2D eigenvalue weighted by Crippen LogP contribution is -2.38. The van der Waals surface area contributed by atoms with Gasteiger partial charge in [-0.05, 0) is 33.2 Å². The number of carbonyl (C=O) groups is 1. The van der Waals surface area contributed by atoms with E-state index in [0.717, 1.165) is 12.2 Å². The summed E-state index contributed by atoms with van der Waals surface area (Å²) in [6.45, 7) is 9.80. The molecule has 0 aromatic carbocycles. The van der Waals surface area contributed by atoms with Crippen LogP contribution in [0.3, 0.4) is 0 Å². The molecule has 1 aromatic heterocycles. The summed E-state index contributed by atoms with van der Waals surface area (Å²) in [5.74, 6) is 0.319. The quantitative estimate of drug-likeness (QED) is 0.859. The van der Waals surface area contributed by atoms with Crippen molar-refractivity contribution in [2.75, 3.05) is 20.1 Å². The molecule has 0 fully saturated rings. The second kappa shape index (κ2) is 7.40. The third-order valence-electron chi connectivity index (χ3n) is 2.74. The Hall–Kier alpha value is -1.63. The van der Waals surface area contributed by atoms with Crippen molar-refractivity contribution in [2.24, 2.45) is 13.0 Å². The molecule has 1 heterocycles. The van der Waals surface area contributed by atoms with E-state index in [1.54, 1.807) is 16.6 Å². The number of carbonyl (C=O) groups excluding carboxylic acids is 1. The van der Waals surface area contributed by atoms with Crippen LogP contribution in [-0.4, -0.2) is 51.7 Å². The van der Waals surface area contributed by atoms with Crippen LogP contribution in [0.5, 0.6) is 0 Å². The molecule has 21 heavy (non-hydrogen) atoms. The Morgan fingerprint density at radius 1 is 1.52 bits per heavy atom. The minimum Gasteiger partial charge on any atom is -0.444 e. The van der Waals surface area contributed by atoms with Crippen LogP contribution in [0.25, 0.3) is 0 Å². The Balaban J connectivity index is 2.26. The van der Waals surface area contributed by atoms with E-state index in [2.05, 4.69) is 22.6 Å². The lowest BCUT2D eigenvalue weighted by Gasteiger charge is -2.26. The molecular formula is C14H27N5O2. The highest BCUT2D eigenvalue weighted by molar-refractivity contribution is 5.67. The van der Waals surface area contributed by atoms with Gasteiger partial charge in [-0.15, -0.1) is 5.10 Å². The molecule has 0 aliphatic carbocycles. The molecule has 0 saturated carbocycles. The first-order valence-electron chi connectivity index (χ1n) is 7.17. The van der Waals surface area contributed by atoms with Crippen LogP contribution in [0.2, 0.25) is 0 Å². The summed E-state index contributed by atoms with van der Waals surface area (Å²) in [6, 6.07) is 0. The molecule has 7 heteroatoms. The first-order valence-corrected chi connectivity index (χ1v) is 7.17. The SMILES string of the molecule is CC(CNCc1cn(C)nn1)CN(C)C(=O)OC(C)(C)C. The van der Waals surface area contributed by atoms with Crippen molar-refractivity contribution >= 4 is 6.09 Å². The highest BCUT2D eigenvalue weighted by Crippen LogP contribution is 2.10. The molecule has 1 atom stereocenters. The van der Waals surface area contributed by atoms with Crippen molar-refractivity contribution in [3.8, 4) is 0 Å². The average molecular weight is 297 g/mol. The van der Waals surface area contributed by atoms with Crippen molar-refractivity contribution in [3.63, 3.8) is 0 Å². The zero-order valence-electron chi connectivity index (χ0n) is 13.9. The van der Waals surface area contributed by atoms with Gasteiger partial charge in [-0.2, -0.15) is 0 Å². The van der Waals surface area contributed by atoms with Gasteiger partial charge in [-0.1, -0.05) is 12.1 Å². The molecule has 0 bridgehead atoms. The summed E-state index contributed by atoms with van der Waals surface area (Å²) in [7, 11) is 3.60. The van der Waals surface area contributed by atoms with Crippen molar-refractivity contribution in [2.45, 2.75) is 39.8 Å².